The first-order valence-electron chi connectivity index (χ1n) is 5.23. The summed E-state index contributed by atoms with van der Waals surface area (Å²) in [7, 11) is 0. The minimum atomic E-state index is -0.409. The Balaban J connectivity index is 2.40. The molecule has 0 atom stereocenters. The van der Waals surface area contributed by atoms with Crippen molar-refractivity contribution < 1.29 is 4.39 Å². The molecule has 1 aromatic carbocycles. The van der Waals surface area contributed by atoms with Crippen LogP contribution in [-0.2, 0) is 0 Å². The van der Waals surface area contributed by atoms with Gasteiger partial charge in [-0.3, -0.25) is 10.1 Å². The van der Waals surface area contributed by atoms with E-state index >= 15 is 0 Å². The Labute approximate surface area is 99.1 Å². The zero-order chi connectivity index (χ0) is 12.4. The molecule has 0 bridgehead atoms. The van der Waals surface area contributed by atoms with Crippen LogP contribution in [0.15, 0.2) is 30.3 Å². The third kappa shape index (κ3) is 2.13. The summed E-state index contributed by atoms with van der Waals surface area (Å²) in [6, 6.07) is 10.0. The average Bonchev–Trinajstić information content (AvgIpc) is 2.62. The second-order valence-electron chi connectivity index (χ2n) is 3.87. The summed E-state index contributed by atoms with van der Waals surface area (Å²) in [6.07, 6.45) is 0. The van der Waals surface area contributed by atoms with E-state index in [-0.39, 0.29) is 5.56 Å². The maximum Gasteiger partial charge on any atom is 0.124 e. The molecule has 0 aliphatic heterocycles. The van der Waals surface area contributed by atoms with Gasteiger partial charge in [-0.2, -0.15) is 5.26 Å². The molecule has 0 aliphatic carbocycles. The topological polar surface area (TPSA) is 40.8 Å². The lowest BCUT2D eigenvalue weighted by atomic mass is 10.2. The lowest BCUT2D eigenvalue weighted by Gasteiger charge is -2.13. The molecule has 0 spiro atoms. The minimum Gasteiger partial charge on any atom is -0.293 e. The maximum atomic E-state index is 13.0. The summed E-state index contributed by atoms with van der Waals surface area (Å²) in [5.41, 5.74) is 6.03. The van der Waals surface area contributed by atoms with Crippen LogP contribution in [0.4, 0.5) is 10.1 Å². The van der Waals surface area contributed by atoms with Gasteiger partial charge in [0, 0.05) is 11.4 Å². The van der Waals surface area contributed by atoms with Crippen LogP contribution in [-0.4, -0.2) is 4.68 Å². The summed E-state index contributed by atoms with van der Waals surface area (Å²) in [5, 5.41) is 8.94. The number of anilines is 1. The van der Waals surface area contributed by atoms with Crippen molar-refractivity contribution in [2.24, 2.45) is 0 Å². The molecule has 3 nitrogen and oxygen atoms in total. The van der Waals surface area contributed by atoms with E-state index in [1.54, 1.807) is 6.07 Å². The molecular weight excluding hydrogens is 217 g/mol. The van der Waals surface area contributed by atoms with Crippen molar-refractivity contribution in [2.45, 2.75) is 13.8 Å². The van der Waals surface area contributed by atoms with Crippen LogP contribution in [0, 0.1) is 31.0 Å². The number of hydrogen-bond acceptors (Lipinski definition) is 2. The van der Waals surface area contributed by atoms with E-state index in [9.17, 15) is 4.39 Å². The van der Waals surface area contributed by atoms with Crippen LogP contribution < -0.4 is 5.43 Å². The van der Waals surface area contributed by atoms with Gasteiger partial charge < -0.3 is 0 Å². The number of rotatable bonds is 2. The van der Waals surface area contributed by atoms with Crippen LogP contribution in [0.1, 0.15) is 17.0 Å². The van der Waals surface area contributed by atoms with Gasteiger partial charge in [0.2, 0.25) is 0 Å². The van der Waals surface area contributed by atoms with Crippen LogP contribution in [0.5, 0.6) is 0 Å². The number of nitrogens with one attached hydrogen (secondary N) is 1. The van der Waals surface area contributed by atoms with E-state index < -0.39 is 5.82 Å². The zero-order valence-electron chi connectivity index (χ0n) is 9.66. The molecule has 17 heavy (non-hydrogen) atoms. The lowest BCUT2D eigenvalue weighted by molar-refractivity contribution is 0.627. The monoisotopic (exact) mass is 229 g/mol. The van der Waals surface area contributed by atoms with Crippen molar-refractivity contribution in [3.05, 3.63) is 53.1 Å². The van der Waals surface area contributed by atoms with Crippen LogP contribution in [0.2, 0.25) is 0 Å². The summed E-state index contributed by atoms with van der Waals surface area (Å²) in [5.74, 6) is -0.409. The van der Waals surface area contributed by atoms with Crippen molar-refractivity contribution in [3.8, 4) is 6.07 Å². The largest absolute Gasteiger partial charge is 0.293 e. The Bertz CT molecular complexity index is 574. The van der Waals surface area contributed by atoms with Crippen molar-refractivity contribution in [1.29, 1.82) is 5.26 Å². The molecule has 86 valence electrons. The highest BCUT2D eigenvalue weighted by Crippen LogP contribution is 2.18. The van der Waals surface area contributed by atoms with Gasteiger partial charge in [-0.25, -0.2) is 4.39 Å². The first kappa shape index (κ1) is 11.2. The molecular formula is C13H12FN3. The first-order valence-corrected chi connectivity index (χ1v) is 5.23. The summed E-state index contributed by atoms with van der Waals surface area (Å²) < 4.78 is 14.8. The number of aryl methyl sites for hydroxylation is 2. The smallest absolute Gasteiger partial charge is 0.124 e. The van der Waals surface area contributed by atoms with E-state index in [1.807, 2.05) is 36.7 Å². The Kier molecular flexibility index (Phi) is 2.84. The number of hydrogen-bond donors (Lipinski definition) is 1. The molecule has 0 fully saturated rings. The number of aromatic nitrogens is 1. The standard InChI is InChI=1S/C13H12FN3/c1-9-3-4-10(2)17(9)16-13-6-5-12(14)7-11(13)8-15/h3-7,16H,1-2H3. The van der Waals surface area contributed by atoms with E-state index in [0.717, 1.165) is 11.4 Å². The molecule has 4 heteroatoms. The van der Waals surface area contributed by atoms with Gasteiger partial charge in [-0.1, -0.05) is 0 Å². The van der Waals surface area contributed by atoms with Gasteiger partial charge in [0.1, 0.15) is 11.9 Å². The van der Waals surface area contributed by atoms with E-state index in [2.05, 4.69) is 5.43 Å². The van der Waals surface area contributed by atoms with Gasteiger partial charge in [-0.15, -0.1) is 0 Å². The van der Waals surface area contributed by atoms with E-state index in [4.69, 9.17) is 5.26 Å². The highest BCUT2D eigenvalue weighted by Gasteiger charge is 2.06. The average molecular weight is 229 g/mol. The highest BCUT2D eigenvalue weighted by molar-refractivity contribution is 5.57. The molecule has 1 heterocycles. The number of nitriles is 1. The third-order valence-corrected chi connectivity index (χ3v) is 2.61. The Morgan fingerprint density at radius 3 is 2.41 bits per heavy atom. The maximum absolute atomic E-state index is 13.0. The van der Waals surface area contributed by atoms with Crippen LogP contribution in [0.3, 0.4) is 0 Å². The highest BCUT2D eigenvalue weighted by atomic mass is 19.1. The van der Waals surface area contributed by atoms with Gasteiger partial charge in [0.15, 0.2) is 0 Å². The fourth-order valence-electron chi connectivity index (χ4n) is 1.67. The predicted octanol–water partition coefficient (Wildman–Crippen LogP) is 2.99. The summed E-state index contributed by atoms with van der Waals surface area (Å²) >= 11 is 0. The summed E-state index contributed by atoms with van der Waals surface area (Å²) in [4.78, 5) is 0. The molecule has 0 unspecified atom stereocenters. The van der Waals surface area contributed by atoms with Gasteiger partial charge in [0.25, 0.3) is 0 Å². The van der Waals surface area contributed by atoms with Crippen molar-refractivity contribution in [2.75, 3.05) is 5.43 Å². The number of nitrogens with zero attached hydrogens (tertiary/aromatic N) is 2. The molecule has 2 rings (SSSR count). The Hall–Kier alpha value is -2.28. The SMILES string of the molecule is Cc1ccc(C)n1Nc1ccc(F)cc1C#N. The second-order valence-corrected chi connectivity index (χ2v) is 3.87. The first-order chi connectivity index (χ1) is 8.11. The fraction of sp³-hybridized carbons (Fsp3) is 0.154. The normalized spacial score (nSPS) is 10.0. The van der Waals surface area contributed by atoms with Crippen LogP contribution >= 0.6 is 0 Å². The molecule has 0 saturated heterocycles. The Morgan fingerprint density at radius 1 is 1.18 bits per heavy atom. The quantitative estimate of drug-likeness (QED) is 0.860. The zero-order valence-corrected chi connectivity index (χ0v) is 9.66. The third-order valence-electron chi connectivity index (χ3n) is 2.61. The predicted molar refractivity (Wildman–Crippen MR) is 64.0 cm³/mol. The van der Waals surface area contributed by atoms with Gasteiger partial charge in [0.05, 0.1) is 11.3 Å². The van der Waals surface area contributed by atoms with Crippen molar-refractivity contribution in [1.82, 2.24) is 4.68 Å². The molecule has 1 aromatic heterocycles. The summed E-state index contributed by atoms with van der Waals surface area (Å²) in [6.45, 7) is 3.91. The lowest BCUT2D eigenvalue weighted by Crippen LogP contribution is -2.13. The minimum absolute atomic E-state index is 0.289. The van der Waals surface area contributed by atoms with Crippen LogP contribution in [0.25, 0.3) is 0 Å². The van der Waals surface area contributed by atoms with Crippen molar-refractivity contribution >= 4 is 5.69 Å². The van der Waals surface area contributed by atoms with Crippen molar-refractivity contribution in [3.63, 3.8) is 0 Å². The molecule has 2 aromatic rings. The van der Waals surface area contributed by atoms with E-state index in [1.165, 1.54) is 12.1 Å². The van der Waals surface area contributed by atoms with Gasteiger partial charge >= 0.3 is 0 Å². The Morgan fingerprint density at radius 2 is 1.82 bits per heavy atom. The molecule has 0 aliphatic rings. The van der Waals surface area contributed by atoms with Gasteiger partial charge in [-0.05, 0) is 44.2 Å². The fourth-order valence-corrected chi connectivity index (χ4v) is 1.67. The van der Waals surface area contributed by atoms with E-state index in [0.29, 0.717) is 5.69 Å². The molecule has 0 amide bonds. The molecule has 0 saturated carbocycles. The second kappa shape index (κ2) is 4.30. The number of halogens is 1. The molecule has 0 radical (unpaired) electrons. The number of benzene rings is 1. The molecule has 1 N–H and O–H groups in total.